The Morgan fingerprint density at radius 3 is 2.50 bits per heavy atom. The summed E-state index contributed by atoms with van der Waals surface area (Å²) in [6, 6.07) is 10.7. The summed E-state index contributed by atoms with van der Waals surface area (Å²) >= 11 is 0. The van der Waals surface area contributed by atoms with Gasteiger partial charge in [0.05, 0.1) is 12.2 Å². The van der Waals surface area contributed by atoms with Gasteiger partial charge in [0.15, 0.2) is 5.69 Å². The Morgan fingerprint density at radius 2 is 1.88 bits per heavy atom. The molecular formula is C18H21N5O3. The molecule has 1 aromatic heterocycles. The second-order valence-corrected chi connectivity index (χ2v) is 6.40. The smallest absolute Gasteiger partial charge is 0.272 e. The van der Waals surface area contributed by atoms with Crippen molar-refractivity contribution < 1.29 is 14.4 Å². The number of para-hydroxylation sites is 1. The third-order valence-corrected chi connectivity index (χ3v) is 4.04. The molecule has 2 N–H and O–H groups in total. The summed E-state index contributed by atoms with van der Waals surface area (Å²) < 4.78 is 1.52. The molecule has 0 unspecified atom stereocenters. The number of hydrogen-bond donors (Lipinski definition) is 2. The molecule has 8 heteroatoms. The average Bonchev–Trinajstić information content (AvgIpc) is 3.41. The van der Waals surface area contributed by atoms with E-state index in [1.165, 1.54) is 15.6 Å². The van der Waals surface area contributed by atoms with Crippen LogP contribution in [0, 0.1) is 5.92 Å². The first-order valence-corrected chi connectivity index (χ1v) is 8.40. The molecule has 1 aromatic carbocycles. The molecule has 136 valence electrons. The summed E-state index contributed by atoms with van der Waals surface area (Å²) in [7, 11) is 3.23. The number of aromatic nitrogens is 2. The third-order valence-electron chi connectivity index (χ3n) is 4.04. The zero-order chi connectivity index (χ0) is 18.7. The molecule has 0 spiro atoms. The van der Waals surface area contributed by atoms with Crippen LogP contribution in [0.15, 0.2) is 36.4 Å². The van der Waals surface area contributed by atoms with Gasteiger partial charge in [-0.15, -0.1) is 0 Å². The minimum absolute atomic E-state index is 0.0316. The van der Waals surface area contributed by atoms with Crippen molar-refractivity contribution in [3.63, 3.8) is 0 Å². The van der Waals surface area contributed by atoms with Crippen molar-refractivity contribution in [3.05, 3.63) is 42.1 Å². The molecule has 1 aliphatic carbocycles. The number of nitrogens with one attached hydrogen (secondary N) is 2. The minimum atomic E-state index is -0.475. The van der Waals surface area contributed by atoms with Crippen LogP contribution in [0.25, 0.3) is 5.69 Å². The van der Waals surface area contributed by atoms with E-state index in [2.05, 4.69) is 15.7 Å². The van der Waals surface area contributed by atoms with Gasteiger partial charge in [0.25, 0.3) is 5.91 Å². The summed E-state index contributed by atoms with van der Waals surface area (Å²) in [4.78, 5) is 37.5. The van der Waals surface area contributed by atoms with E-state index >= 15 is 0 Å². The molecule has 1 heterocycles. The van der Waals surface area contributed by atoms with Crippen LogP contribution in [-0.2, 0) is 9.59 Å². The first-order chi connectivity index (χ1) is 12.5. The lowest BCUT2D eigenvalue weighted by Crippen LogP contribution is -2.36. The van der Waals surface area contributed by atoms with Gasteiger partial charge >= 0.3 is 0 Å². The van der Waals surface area contributed by atoms with Gasteiger partial charge in [-0.05, 0) is 25.0 Å². The number of carbonyl (C=O) groups is 3. The number of nitrogens with zero attached hydrogens (tertiary/aromatic N) is 3. The lowest BCUT2D eigenvalue weighted by atomic mass is 10.3. The van der Waals surface area contributed by atoms with E-state index in [4.69, 9.17) is 0 Å². The van der Waals surface area contributed by atoms with Gasteiger partial charge in [-0.1, -0.05) is 18.2 Å². The Balaban J connectivity index is 1.82. The van der Waals surface area contributed by atoms with Crippen LogP contribution < -0.4 is 10.6 Å². The van der Waals surface area contributed by atoms with Crippen LogP contribution in [0.2, 0.25) is 0 Å². The number of likely N-dealkylation sites (N-methyl/N-ethyl adjacent to an activating group) is 1. The number of rotatable bonds is 6. The maximum Gasteiger partial charge on any atom is 0.272 e. The molecule has 1 saturated carbocycles. The highest BCUT2D eigenvalue weighted by Crippen LogP contribution is 2.30. The van der Waals surface area contributed by atoms with Gasteiger partial charge in [-0.25, -0.2) is 4.68 Å². The fourth-order valence-electron chi connectivity index (χ4n) is 2.33. The molecule has 8 nitrogen and oxygen atoms in total. The Labute approximate surface area is 151 Å². The van der Waals surface area contributed by atoms with E-state index in [0.717, 1.165) is 18.5 Å². The van der Waals surface area contributed by atoms with Crippen molar-refractivity contribution in [2.24, 2.45) is 5.92 Å². The molecule has 3 rings (SSSR count). The highest BCUT2D eigenvalue weighted by atomic mass is 16.2. The maximum atomic E-state index is 12.3. The number of anilines is 1. The molecule has 0 aliphatic heterocycles. The number of amides is 3. The highest BCUT2D eigenvalue weighted by molar-refractivity contribution is 5.98. The van der Waals surface area contributed by atoms with E-state index < -0.39 is 5.91 Å². The van der Waals surface area contributed by atoms with Crippen LogP contribution in [-0.4, -0.2) is 53.0 Å². The zero-order valence-corrected chi connectivity index (χ0v) is 14.7. The molecule has 1 aliphatic rings. The molecule has 1 fully saturated rings. The summed E-state index contributed by atoms with van der Waals surface area (Å²) in [6.07, 6.45) is 1.76. The lowest BCUT2D eigenvalue weighted by Gasteiger charge is -2.10. The molecule has 0 atom stereocenters. The SMILES string of the molecule is CN(C)C(=O)CNC(=O)c1cc(NC(=O)C2CC2)n(-c2ccccc2)n1. The second-order valence-electron chi connectivity index (χ2n) is 6.40. The van der Waals surface area contributed by atoms with E-state index in [9.17, 15) is 14.4 Å². The molecular weight excluding hydrogens is 334 g/mol. The molecule has 0 saturated heterocycles. The van der Waals surface area contributed by atoms with E-state index in [1.807, 2.05) is 30.3 Å². The van der Waals surface area contributed by atoms with Crippen LogP contribution in [0.5, 0.6) is 0 Å². The van der Waals surface area contributed by atoms with Gasteiger partial charge in [-0.3, -0.25) is 14.4 Å². The van der Waals surface area contributed by atoms with Crippen molar-refractivity contribution >= 4 is 23.5 Å². The van der Waals surface area contributed by atoms with E-state index in [-0.39, 0.29) is 30.0 Å². The van der Waals surface area contributed by atoms with Crippen molar-refractivity contribution in [1.82, 2.24) is 20.0 Å². The Morgan fingerprint density at radius 1 is 1.19 bits per heavy atom. The largest absolute Gasteiger partial charge is 0.347 e. The van der Waals surface area contributed by atoms with Crippen molar-refractivity contribution in [3.8, 4) is 5.69 Å². The molecule has 0 radical (unpaired) electrons. The summed E-state index contributed by atoms with van der Waals surface area (Å²) in [5.74, 6) is -0.307. The number of carbonyl (C=O) groups excluding carboxylic acids is 3. The predicted molar refractivity (Wildman–Crippen MR) is 95.9 cm³/mol. The van der Waals surface area contributed by atoms with Gasteiger partial charge in [-0.2, -0.15) is 5.10 Å². The fourth-order valence-corrected chi connectivity index (χ4v) is 2.33. The van der Waals surface area contributed by atoms with Gasteiger partial charge < -0.3 is 15.5 Å². The van der Waals surface area contributed by atoms with Crippen LogP contribution >= 0.6 is 0 Å². The summed E-state index contributed by atoms with van der Waals surface area (Å²) in [6.45, 7) is -0.117. The van der Waals surface area contributed by atoms with Crippen LogP contribution in [0.4, 0.5) is 5.82 Å². The van der Waals surface area contributed by atoms with E-state index in [0.29, 0.717) is 5.82 Å². The highest BCUT2D eigenvalue weighted by Gasteiger charge is 2.30. The average molecular weight is 355 g/mol. The molecule has 0 bridgehead atoms. The van der Waals surface area contributed by atoms with Crippen molar-refractivity contribution in [1.29, 1.82) is 0 Å². The first-order valence-electron chi connectivity index (χ1n) is 8.40. The Hall–Kier alpha value is -3.16. The zero-order valence-electron chi connectivity index (χ0n) is 14.7. The molecule has 3 amide bonds. The second kappa shape index (κ2) is 7.38. The quantitative estimate of drug-likeness (QED) is 0.809. The number of hydrogen-bond acceptors (Lipinski definition) is 4. The van der Waals surface area contributed by atoms with Gasteiger partial charge in [0.1, 0.15) is 5.82 Å². The van der Waals surface area contributed by atoms with Gasteiger partial charge in [0, 0.05) is 26.1 Å². The molecule has 26 heavy (non-hydrogen) atoms. The van der Waals surface area contributed by atoms with Crippen LogP contribution in [0.3, 0.4) is 0 Å². The predicted octanol–water partition coefficient (Wildman–Crippen LogP) is 1.04. The fraction of sp³-hybridized carbons (Fsp3) is 0.333. The summed E-state index contributed by atoms with van der Waals surface area (Å²) in [5, 5.41) is 9.68. The van der Waals surface area contributed by atoms with E-state index in [1.54, 1.807) is 14.1 Å². The normalized spacial score (nSPS) is 13.2. The van der Waals surface area contributed by atoms with Crippen LogP contribution in [0.1, 0.15) is 23.3 Å². The topological polar surface area (TPSA) is 96.3 Å². The van der Waals surface area contributed by atoms with Gasteiger partial charge in [0.2, 0.25) is 11.8 Å². The van der Waals surface area contributed by atoms with Crippen molar-refractivity contribution in [2.75, 3.05) is 26.0 Å². The Kier molecular flexibility index (Phi) is 5.01. The minimum Gasteiger partial charge on any atom is -0.347 e. The number of benzene rings is 1. The molecule has 2 aromatic rings. The summed E-state index contributed by atoms with van der Waals surface area (Å²) in [5.41, 5.74) is 0.855. The first kappa shape index (κ1) is 17.7. The monoisotopic (exact) mass is 355 g/mol. The standard InChI is InChI=1S/C18H21N5O3/c1-22(2)16(24)11-19-18(26)14-10-15(20-17(25)12-8-9-12)23(21-14)13-6-4-3-5-7-13/h3-7,10,12H,8-9,11H2,1-2H3,(H,19,26)(H,20,25). The third kappa shape index (κ3) is 4.08. The maximum absolute atomic E-state index is 12.3. The lowest BCUT2D eigenvalue weighted by molar-refractivity contribution is -0.127. The Bertz CT molecular complexity index is 825. The van der Waals surface area contributed by atoms with Crippen molar-refractivity contribution in [2.45, 2.75) is 12.8 Å².